The summed E-state index contributed by atoms with van der Waals surface area (Å²) in [5, 5.41) is 11.4. The smallest absolute Gasteiger partial charge is 0.180 e. The standard InChI is InChI=1S/C23H26N2O4/c1-5-23(28-14-27-6-2)18-12-13-25-16(4)15(3)24-22(25)20(18)29-19(21(23)26)17-10-8-7-9-11-17/h5,7-13,19,21,26H,1,6,14H2,2-4H3/t19-,21?,23?/m1/s1. The molecule has 29 heavy (non-hydrogen) atoms. The average Bonchev–Trinajstić information content (AvgIpc) is 3.04. The minimum absolute atomic E-state index is 0.0260. The fourth-order valence-corrected chi connectivity index (χ4v) is 3.88. The predicted molar refractivity (Wildman–Crippen MR) is 110 cm³/mol. The Bertz CT molecular complexity index is 1030. The third-order valence-electron chi connectivity index (χ3n) is 5.63. The zero-order valence-corrected chi connectivity index (χ0v) is 17.0. The van der Waals surface area contributed by atoms with E-state index in [1.165, 1.54) is 0 Å². The Morgan fingerprint density at radius 2 is 2.03 bits per heavy atom. The lowest BCUT2D eigenvalue weighted by molar-refractivity contribution is -0.194. The van der Waals surface area contributed by atoms with Gasteiger partial charge in [-0.05, 0) is 32.4 Å². The van der Waals surface area contributed by atoms with E-state index in [-0.39, 0.29) is 6.79 Å². The summed E-state index contributed by atoms with van der Waals surface area (Å²) in [5.41, 5.74) is 2.98. The van der Waals surface area contributed by atoms with Crippen molar-refractivity contribution in [1.82, 2.24) is 9.38 Å². The van der Waals surface area contributed by atoms with Gasteiger partial charge in [-0.25, -0.2) is 4.98 Å². The molecule has 2 unspecified atom stereocenters. The van der Waals surface area contributed by atoms with E-state index in [1.54, 1.807) is 6.08 Å². The summed E-state index contributed by atoms with van der Waals surface area (Å²) in [5.74, 6) is 0.583. The number of nitrogens with zero attached hydrogens (tertiary/aromatic N) is 2. The number of hydrogen-bond acceptors (Lipinski definition) is 5. The second-order valence-electron chi connectivity index (χ2n) is 7.18. The molecule has 0 spiro atoms. The second-order valence-corrected chi connectivity index (χ2v) is 7.18. The van der Waals surface area contributed by atoms with E-state index in [2.05, 4.69) is 6.58 Å². The highest BCUT2D eigenvalue weighted by Crippen LogP contribution is 2.49. The molecule has 3 heterocycles. The number of fused-ring (bicyclic) bond motifs is 3. The SMILES string of the molecule is C=CC1(OCOCC)c2ccn3c(C)c(C)nc3c2O[C@H](c2ccccc2)C1O. The van der Waals surface area contributed by atoms with E-state index in [4.69, 9.17) is 19.2 Å². The second kappa shape index (κ2) is 7.63. The van der Waals surface area contributed by atoms with Gasteiger partial charge in [-0.2, -0.15) is 0 Å². The molecule has 0 amide bonds. The van der Waals surface area contributed by atoms with Crippen LogP contribution in [-0.2, 0) is 15.1 Å². The summed E-state index contributed by atoms with van der Waals surface area (Å²) in [6, 6.07) is 11.5. The molecule has 6 nitrogen and oxygen atoms in total. The Hall–Kier alpha value is -2.67. The Morgan fingerprint density at radius 1 is 1.28 bits per heavy atom. The molecule has 3 aromatic rings. The van der Waals surface area contributed by atoms with Crippen LogP contribution in [0.4, 0.5) is 0 Å². The molecule has 0 saturated heterocycles. The number of rotatable bonds is 6. The molecule has 1 aliphatic heterocycles. The number of imidazole rings is 1. The van der Waals surface area contributed by atoms with Crippen LogP contribution in [0.25, 0.3) is 5.65 Å². The first-order valence-corrected chi connectivity index (χ1v) is 9.77. The Kier molecular flexibility index (Phi) is 5.17. The first kappa shape index (κ1) is 19.6. The van der Waals surface area contributed by atoms with Gasteiger partial charge in [-0.15, -0.1) is 0 Å². The molecule has 0 saturated carbocycles. The van der Waals surface area contributed by atoms with Crippen LogP contribution in [-0.4, -0.2) is 34.0 Å². The van der Waals surface area contributed by atoms with Gasteiger partial charge >= 0.3 is 0 Å². The maximum atomic E-state index is 11.4. The summed E-state index contributed by atoms with van der Waals surface area (Å²) in [4.78, 5) is 4.71. The van der Waals surface area contributed by atoms with Crippen molar-refractivity contribution in [2.75, 3.05) is 13.4 Å². The molecule has 3 atom stereocenters. The van der Waals surface area contributed by atoms with Crippen LogP contribution in [0, 0.1) is 13.8 Å². The van der Waals surface area contributed by atoms with Crippen molar-refractivity contribution in [3.63, 3.8) is 0 Å². The molecule has 152 valence electrons. The Morgan fingerprint density at radius 3 is 2.72 bits per heavy atom. The summed E-state index contributed by atoms with van der Waals surface area (Å²) < 4.78 is 19.9. The monoisotopic (exact) mass is 394 g/mol. The van der Waals surface area contributed by atoms with Crippen LogP contribution in [0.1, 0.15) is 35.5 Å². The number of aliphatic hydroxyl groups excluding tert-OH is 1. The molecule has 6 heteroatoms. The first-order valence-electron chi connectivity index (χ1n) is 9.77. The van der Waals surface area contributed by atoms with E-state index in [1.807, 2.05) is 67.8 Å². The lowest BCUT2D eigenvalue weighted by Gasteiger charge is -2.44. The van der Waals surface area contributed by atoms with Gasteiger partial charge in [0.2, 0.25) is 0 Å². The molecule has 0 fully saturated rings. The van der Waals surface area contributed by atoms with E-state index in [0.717, 1.165) is 17.0 Å². The zero-order chi connectivity index (χ0) is 20.6. The van der Waals surface area contributed by atoms with Gasteiger partial charge in [0.25, 0.3) is 0 Å². The van der Waals surface area contributed by atoms with Crippen molar-refractivity contribution in [3.05, 3.63) is 77.8 Å². The lowest BCUT2D eigenvalue weighted by Crippen LogP contribution is -2.49. The quantitative estimate of drug-likeness (QED) is 0.391. The number of hydrogen-bond donors (Lipinski definition) is 1. The fourth-order valence-electron chi connectivity index (χ4n) is 3.88. The van der Waals surface area contributed by atoms with Crippen LogP contribution in [0.2, 0.25) is 0 Å². The van der Waals surface area contributed by atoms with Gasteiger partial charge in [-0.3, -0.25) is 0 Å². The number of ether oxygens (including phenoxy) is 3. The topological polar surface area (TPSA) is 65.2 Å². The molecule has 1 aliphatic rings. The minimum atomic E-state index is -1.20. The maximum absolute atomic E-state index is 11.4. The number of aryl methyl sites for hydroxylation is 2. The molecular formula is C23H26N2O4. The van der Waals surface area contributed by atoms with E-state index >= 15 is 0 Å². The number of pyridine rings is 1. The number of aromatic nitrogens is 2. The summed E-state index contributed by atoms with van der Waals surface area (Å²) in [6.07, 6.45) is 1.89. The van der Waals surface area contributed by atoms with Crippen LogP contribution < -0.4 is 4.74 Å². The van der Waals surface area contributed by atoms with E-state index in [9.17, 15) is 5.11 Å². The van der Waals surface area contributed by atoms with Gasteiger partial charge in [0.1, 0.15) is 18.5 Å². The molecule has 4 rings (SSSR count). The van der Waals surface area contributed by atoms with Crippen LogP contribution in [0.15, 0.2) is 55.3 Å². The fraction of sp³-hybridized carbons (Fsp3) is 0.348. The summed E-state index contributed by atoms with van der Waals surface area (Å²) in [7, 11) is 0. The maximum Gasteiger partial charge on any atom is 0.180 e. The minimum Gasteiger partial charge on any atom is -0.479 e. The van der Waals surface area contributed by atoms with Crippen molar-refractivity contribution >= 4 is 5.65 Å². The van der Waals surface area contributed by atoms with Crippen molar-refractivity contribution < 1.29 is 19.3 Å². The summed E-state index contributed by atoms with van der Waals surface area (Å²) >= 11 is 0. The zero-order valence-electron chi connectivity index (χ0n) is 17.0. The van der Waals surface area contributed by atoms with E-state index in [0.29, 0.717) is 23.6 Å². The molecule has 0 radical (unpaired) electrons. The molecule has 0 bridgehead atoms. The van der Waals surface area contributed by atoms with Crippen LogP contribution >= 0.6 is 0 Å². The molecular weight excluding hydrogens is 368 g/mol. The predicted octanol–water partition coefficient (Wildman–Crippen LogP) is 3.84. The van der Waals surface area contributed by atoms with E-state index < -0.39 is 17.8 Å². The Labute approximate surface area is 170 Å². The van der Waals surface area contributed by atoms with Crippen molar-refractivity contribution in [3.8, 4) is 5.75 Å². The van der Waals surface area contributed by atoms with Gasteiger partial charge in [0.15, 0.2) is 17.5 Å². The third kappa shape index (κ3) is 3.04. The van der Waals surface area contributed by atoms with Crippen molar-refractivity contribution in [2.45, 2.75) is 38.6 Å². The molecule has 1 aromatic carbocycles. The highest BCUT2D eigenvalue weighted by atomic mass is 16.7. The number of aliphatic hydroxyl groups is 1. The number of benzene rings is 1. The normalized spacial score (nSPS) is 23.6. The highest BCUT2D eigenvalue weighted by molar-refractivity contribution is 5.64. The largest absolute Gasteiger partial charge is 0.479 e. The molecule has 2 aromatic heterocycles. The van der Waals surface area contributed by atoms with Crippen molar-refractivity contribution in [2.24, 2.45) is 0 Å². The lowest BCUT2D eigenvalue weighted by atomic mass is 9.80. The first-order chi connectivity index (χ1) is 14.0. The Balaban J connectivity index is 1.94. The molecule has 0 aliphatic carbocycles. The van der Waals surface area contributed by atoms with Gasteiger partial charge < -0.3 is 23.7 Å². The van der Waals surface area contributed by atoms with Gasteiger partial charge in [0.05, 0.1) is 5.69 Å². The average molecular weight is 394 g/mol. The van der Waals surface area contributed by atoms with Gasteiger partial charge in [-0.1, -0.05) is 43.0 Å². The van der Waals surface area contributed by atoms with Crippen LogP contribution in [0.5, 0.6) is 5.75 Å². The highest BCUT2D eigenvalue weighted by Gasteiger charge is 2.50. The molecule has 1 N–H and O–H groups in total. The van der Waals surface area contributed by atoms with Crippen LogP contribution in [0.3, 0.4) is 0 Å². The van der Waals surface area contributed by atoms with Crippen molar-refractivity contribution in [1.29, 1.82) is 0 Å². The van der Waals surface area contributed by atoms with Gasteiger partial charge in [0, 0.05) is 24.1 Å². The third-order valence-corrected chi connectivity index (χ3v) is 5.63. The summed E-state index contributed by atoms with van der Waals surface area (Å²) in [6.45, 7) is 10.4.